The van der Waals surface area contributed by atoms with E-state index >= 15 is 0 Å². The molecule has 102 valence electrons. The van der Waals surface area contributed by atoms with E-state index in [1.54, 1.807) is 24.3 Å². The molecule has 0 bridgehead atoms. The van der Waals surface area contributed by atoms with Crippen LogP contribution < -0.4 is 22.5 Å². The SMILES string of the molecule is NC(=O)OC/C=C/CNc1ccc(C(N)=O)cc1N. The molecular formula is C12H16N4O3. The minimum Gasteiger partial charge on any atom is -0.445 e. The van der Waals surface area contributed by atoms with Crippen LogP contribution >= 0.6 is 0 Å². The van der Waals surface area contributed by atoms with E-state index in [1.807, 2.05) is 0 Å². The molecule has 19 heavy (non-hydrogen) atoms. The molecule has 0 heterocycles. The predicted molar refractivity (Wildman–Crippen MR) is 72.5 cm³/mol. The van der Waals surface area contributed by atoms with Crippen LogP contribution in [0.4, 0.5) is 16.2 Å². The highest BCUT2D eigenvalue weighted by molar-refractivity contribution is 5.94. The fourth-order valence-electron chi connectivity index (χ4n) is 1.33. The molecule has 1 aromatic carbocycles. The maximum atomic E-state index is 10.9. The summed E-state index contributed by atoms with van der Waals surface area (Å²) in [5.41, 5.74) is 17.2. The summed E-state index contributed by atoms with van der Waals surface area (Å²) in [5, 5.41) is 3.03. The molecule has 0 saturated heterocycles. The van der Waals surface area contributed by atoms with Gasteiger partial charge in [0.1, 0.15) is 6.61 Å². The number of hydrogen-bond donors (Lipinski definition) is 4. The third-order valence-electron chi connectivity index (χ3n) is 2.23. The summed E-state index contributed by atoms with van der Waals surface area (Å²) in [6.07, 6.45) is 2.58. The lowest BCUT2D eigenvalue weighted by molar-refractivity contribution is 0.1000. The van der Waals surface area contributed by atoms with Gasteiger partial charge >= 0.3 is 6.09 Å². The molecule has 0 unspecified atom stereocenters. The minimum atomic E-state index is -0.816. The number of nitrogens with one attached hydrogen (secondary N) is 1. The highest BCUT2D eigenvalue weighted by atomic mass is 16.5. The molecule has 0 atom stereocenters. The van der Waals surface area contributed by atoms with Crippen LogP contribution in [0.2, 0.25) is 0 Å². The largest absolute Gasteiger partial charge is 0.445 e. The second-order valence-electron chi connectivity index (χ2n) is 3.65. The van der Waals surface area contributed by atoms with Crippen molar-refractivity contribution in [3.05, 3.63) is 35.9 Å². The van der Waals surface area contributed by atoms with Crippen molar-refractivity contribution >= 4 is 23.4 Å². The third-order valence-corrected chi connectivity index (χ3v) is 2.23. The molecule has 0 aliphatic carbocycles. The van der Waals surface area contributed by atoms with Crippen molar-refractivity contribution in [2.75, 3.05) is 24.2 Å². The van der Waals surface area contributed by atoms with Crippen molar-refractivity contribution in [2.45, 2.75) is 0 Å². The second-order valence-corrected chi connectivity index (χ2v) is 3.65. The van der Waals surface area contributed by atoms with Crippen molar-refractivity contribution in [1.29, 1.82) is 0 Å². The number of amides is 2. The molecule has 0 aliphatic rings. The van der Waals surface area contributed by atoms with Crippen LogP contribution in [-0.4, -0.2) is 25.2 Å². The molecule has 0 saturated carbocycles. The molecule has 2 amide bonds. The lowest BCUT2D eigenvalue weighted by Gasteiger charge is -2.08. The second kappa shape index (κ2) is 6.90. The summed E-state index contributed by atoms with van der Waals surface area (Å²) in [5.74, 6) is -0.526. The lowest BCUT2D eigenvalue weighted by atomic mass is 10.1. The van der Waals surface area contributed by atoms with Crippen LogP contribution in [0.25, 0.3) is 0 Å². The summed E-state index contributed by atoms with van der Waals surface area (Å²) < 4.78 is 4.51. The summed E-state index contributed by atoms with van der Waals surface area (Å²) in [6.45, 7) is 0.606. The number of rotatable bonds is 6. The predicted octanol–water partition coefficient (Wildman–Crippen LogP) is 0.431. The number of benzene rings is 1. The molecule has 1 aromatic rings. The van der Waals surface area contributed by atoms with Crippen LogP contribution in [0, 0.1) is 0 Å². The number of primary amides is 2. The molecule has 1 rings (SSSR count). The van der Waals surface area contributed by atoms with Crippen molar-refractivity contribution < 1.29 is 14.3 Å². The van der Waals surface area contributed by atoms with E-state index in [9.17, 15) is 9.59 Å². The Labute approximate surface area is 110 Å². The molecule has 0 radical (unpaired) electrons. The zero-order valence-electron chi connectivity index (χ0n) is 10.3. The number of carbonyl (C=O) groups excluding carboxylic acids is 2. The normalized spacial score (nSPS) is 10.3. The van der Waals surface area contributed by atoms with Crippen molar-refractivity contribution in [1.82, 2.24) is 0 Å². The number of anilines is 2. The van der Waals surface area contributed by atoms with E-state index in [4.69, 9.17) is 17.2 Å². The Kier molecular flexibility index (Phi) is 5.21. The van der Waals surface area contributed by atoms with E-state index in [2.05, 4.69) is 10.1 Å². The maximum absolute atomic E-state index is 10.9. The van der Waals surface area contributed by atoms with Crippen LogP contribution in [0.1, 0.15) is 10.4 Å². The van der Waals surface area contributed by atoms with Gasteiger partial charge in [-0.25, -0.2) is 4.79 Å². The molecule has 0 spiro atoms. The van der Waals surface area contributed by atoms with Crippen LogP contribution in [0.5, 0.6) is 0 Å². The Balaban J connectivity index is 2.45. The van der Waals surface area contributed by atoms with Gasteiger partial charge in [0.2, 0.25) is 5.91 Å². The quantitative estimate of drug-likeness (QED) is 0.436. The molecule has 0 fully saturated rings. The third kappa shape index (κ3) is 4.99. The first-order valence-electron chi connectivity index (χ1n) is 5.51. The highest BCUT2D eigenvalue weighted by Crippen LogP contribution is 2.19. The van der Waals surface area contributed by atoms with E-state index in [-0.39, 0.29) is 6.61 Å². The van der Waals surface area contributed by atoms with E-state index < -0.39 is 12.0 Å². The number of ether oxygens (including phenoxy) is 1. The van der Waals surface area contributed by atoms with Crippen molar-refractivity contribution in [3.8, 4) is 0 Å². The Morgan fingerprint density at radius 2 is 2.00 bits per heavy atom. The van der Waals surface area contributed by atoms with Gasteiger partial charge in [0.15, 0.2) is 0 Å². The van der Waals surface area contributed by atoms with Gasteiger partial charge in [-0.3, -0.25) is 4.79 Å². The van der Waals surface area contributed by atoms with Gasteiger partial charge in [-0.1, -0.05) is 6.08 Å². The smallest absolute Gasteiger partial charge is 0.404 e. The minimum absolute atomic E-state index is 0.118. The summed E-state index contributed by atoms with van der Waals surface area (Å²) in [6, 6.07) is 4.76. The zero-order valence-corrected chi connectivity index (χ0v) is 10.3. The summed E-state index contributed by atoms with van der Waals surface area (Å²) in [4.78, 5) is 21.2. The fraction of sp³-hybridized carbons (Fsp3) is 0.167. The van der Waals surface area contributed by atoms with Crippen molar-refractivity contribution in [3.63, 3.8) is 0 Å². The Hall–Kier alpha value is -2.70. The molecule has 0 aromatic heterocycles. The first kappa shape index (κ1) is 14.4. The Bertz CT molecular complexity index is 500. The van der Waals surface area contributed by atoms with Gasteiger partial charge in [0.05, 0.1) is 11.4 Å². The number of hydrogen-bond acceptors (Lipinski definition) is 5. The van der Waals surface area contributed by atoms with Crippen LogP contribution in [-0.2, 0) is 4.74 Å². The number of nitrogen functional groups attached to an aromatic ring is 1. The standard InChI is InChI=1S/C12H16N4O3/c13-9-7-8(11(14)17)3-4-10(9)16-5-1-2-6-19-12(15)18/h1-4,7,16H,5-6,13H2,(H2,14,17)(H2,15,18)/b2-1+. The topological polar surface area (TPSA) is 133 Å². The average Bonchev–Trinajstić information content (AvgIpc) is 2.34. The van der Waals surface area contributed by atoms with Gasteiger partial charge < -0.3 is 27.3 Å². The molecule has 7 heteroatoms. The van der Waals surface area contributed by atoms with E-state index in [0.717, 1.165) is 0 Å². The molecule has 7 N–H and O–H groups in total. The monoisotopic (exact) mass is 264 g/mol. The summed E-state index contributed by atoms with van der Waals surface area (Å²) in [7, 11) is 0. The molecular weight excluding hydrogens is 248 g/mol. The van der Waals surface area contributed by atoms with E-state index in [1.165, 1.54) is 6.07 Å². The van der Waals surface area contributed by atoms with Crippen LogP contribution in [0.15, 0.2) is 30.4 Å². The average molecular weight is 264 g/mol. The molecule has 7 nitrogen and oxygen atoms in total. The van der Waals surface area contributed by atoms with Gasteiger partial charge in [0.25, 0.3) is 0 Å². The van der Waals surface area contributed by atoms with E-state index in [0.29, 0.717) is 23.5 Å². The fourth-order valence-corrected chi connectivity index (χ4v) is 1.33. The van der Waals surface area contributed by atoms with Gasteiger partial charge in [0, 0.05) is 12.1 Å². The van der Waals surface area contributed by atoms with Crippen LogP contribution in [0.3, 0.4) is 0 Å². The number of nitrogens with two attached hydrogens (primary N) is 3. The van der Waals surface area contributed by atoms with Gasteiger partial charge in [-0.2, -0.15) is 0 Å². The lowest BCUT2D eigenvalue weighted by Crippen LogP contribution is -2.13. The Morgan fingerprint density at radius 1 is 1.26 bits per heavy atom. The Morgan fingerprint density at radius 3 is 2.58 bits per heavy atom. The number of carbonyl (C=O) groups is 2. The molecule has 0 aliphatic heterocycles. The van der Waals surface area contributed by atoms with Gasteiger partial charge in [-0.05, 0) is 24.3 Å². The van der Waals surface area contributed by atoms with Gasteiger partial charge in [-0.15, -0.1) is 0 Å². The highest BCUT2D eigenvalue weighted by Gasteiger charge is 2.03. The maximum Gasteiger partial charge on any atom is 0.404 e. The first-order valence-corrected chi connectivity index (χ1v) is 5.51. The van der Waals surface area contributed by atoms with Crippen molar-refractivity contribution in [2.24, 2.45) is 11.5 Å². The first-order chi connectivity index (χ1) is 9.00. The summed E-state index contributed by atoms with van der Waals surface area (Å²) >= 11 is 0. The zero-order chi connectivity index (χ0) is 14.3.